The second kappa shape index (κ2) is 8.06. The third-order valence-electron chi connectivity index (χ3n) is 2.60. The van der Waals surface area contributed by atoms with Crippen molar-refractivity contribution in [1.29, 1.82) is 0 Å². The van der Waals surface area contributed by atoms with Gasteiger partial charge in [0.15, 0.2) is 0 Å². The van der Waals surface area contributed by atoms with Crippen LogP contribution in [0.4, 0.5) is 5.69 Å². The summed E-state index contributed by atoms with van der Waals surface area (Å²) in [4.78, 5) is 9.99. The van der Waals surface area contributed by atoms with E-state index in [9.17, 15) is 18.5 Å². The van der Waals surface area contributed by atoms with Crippen LogP contribution in [0.2, 0.25) is 0 Å². The van der Waals surface area contributed by atoms with Gasteiger partial charge in [0.1, 0.15) is 0 Å². The monoisotopic (exact) mass is 316 g/mol. The molecule has 0 atom stereocenters. The van der Waals surface area contributed by atoms with Crippen LogP contribution in [0.5, 0.6) is 0 Å². The molecule has 0 heterocycles. The molecule has 21 heavy (non-hydrogen) atoms. The second-order valence-corrected chi connectivity index (χ2v) is 6.66. The number of sulfonamides is 1. The highest BCUT2D eigenvalue weighted by Gasteiger charge is 2.12. The molecule has 1 N–H and O–H groups in total. The van der Waals surface area contributed by atoms with E-state index in [4.69, 9.17) is 4.74 Å². The first kappa shape index (κ1) is 17.5. The molecule has 0 saturated heterocycles. The van der Waals surface area contributed by atoms with Crippen molar-refractivity contribution in [3.63, 3.8) is 0 Å². The molecule has 0 aliphatic heterocycles. The van der Waals surface area contributed by atoms with Crippen LogP contribution < -0.4 is 4.72 Å². The lowest BCUT2D eigenvalue weighted by molar-refractivity contribution is -0.384. The maximum Gasteiger partial charge on any atom is 0.269 e. The summed E-state index contributed by atoms with van der Waals surface area (Å²) in [7, 11) is -3.44. The maximum absolute atomic E-state index is 11.8. The quantitative estimate of drug-likeness (QED) is 0.426. The molecule has 1 rings (SSSR count). The van der Waals surface area contributed by atoms with Crippen molar-refractivity contribution in [2.24, 2.45) is 0 Å². The van der Waals surface area contributed by atoms with E-state index in [0.29, 0.717) is 25.1 Å². The molecule has 1 aromatic rings. The van der Waals surface area contributed by atoms with Gasteiger partial charge in [-0.25, -0.2) is 13.1 Å². The van der Waals surface area contributed by atoms with Gasteiger partial charge in [-0.3, -0.25) is 10.1 Å². The van der Waals surface area contributed by atoms with Crippen molar-refractivity contribution in [1.82, 2.24) is 4.72 Å². The number of nitrogens with one attached hydrogen (secondary N) is 1. The zero-order valence-electron chi connectivity index (χ0n) is 12.1. The van der Waals surface area contributed by atoms with Crippen LogP contribution in [0.3, 0.4) is 0 Å². The van der Waals surface area contributed by atoms with Gasteiger partial charge in [-0.05, 0) is 25.8 Å². The molecule has 8 heteroatoms. The third-order valence-corrected chi connectivity index (χ3v) is 3.96. The topological polar surface area (TPSA) is 98.5 Å². The summed E-state index contributed by atoms with van der Waals surface area (Å²) in [6.45, 7) is 4.64. The molecular weight excluding hydrogens is 296 g/mol. The van der Waals surface area contributed by atoms with Crippen LogP contribution in [0.25, 0.3) is 0 Å². The van der Waals surface area contributed by atoms with E-state index in [-0.39, 0.29) is 17.5 Å². The number of ether oxygens (including phenoxy) is 1. The highest BCUT2D eigenvalue weighted by atomic mass is 32.2. The van der Waals surface area contributed by atoms with Crippen LogP contribution in [0, 0.1) is 10.1 Å². The maximum atomic E-state index is 11.8. The molecule has 0 aliphatic carbocycles. The molecule has 0 fully saturated rings. The largest absolute Gasteiger partial charge is 0.379 e. The Hall–Kier alpha value is -1.51. The third kappa shape index (κ3) is 7.16. The molecule has 1 aromatic carbocycles. The lowest BCUT2D eigenvalue weighted by atomic mass is 10.2. The highest BCUT2D eigenvalue weighted by molar-refractivity contribution is 7.88. The van der Waals surface area contributed by atoms with E-state index in [1.807, 2.05) is 13.8 Å². The first-order chi connectivity index (χ1) is 9.80. The molecule has 118 valence electrons. The Morgan fingerprint density at radius 1 is 1.29 bits per heavy atom. The van der Waals surface area contributed by atoms with Gasteiger partial charge in [-0.15, -0.1) is 0 Å². The fraction of sp³-hybridized carbons (Fsp3) is 0.538. The fourth-order valence-corrected chi connectivity index (χ4v) is 2.79. The first-order valence-electron chi connectivity index (χ1n) is 6.62. The van der Waals surface area contributed by atoms with Gasteiger partial charge in [-0.2, -0.15) is 0 Å². The van der Waals surface area contributed by atoms with Gasteiger partial charge >= 0.3 is 0 Å². The molecule has 0 saturated carbocycles. The minimum atomic E-state index is -3.44. The van der Waals surface area contributed by atoms with Crippen LogP contribution in [0.1, 0.15) is 25.8 Å². The number of nitrogens with zero attached hydrogens (tertiary/aromatic N) is 1. The van der Waals surface area contributed by atoms with E-state index in [0.717, 1.165) is 0 Å². The van der Waals surface area contributed by atoms with Gasteiger partial charge in [0.05, 0.1) is 16.8 Å². The molecule has 0 aliphatic rings. The summed E-state index contributed by atoms with van der Waals surface area (Å²) in [6, 6.07) is 5.47. The van der Waals surface area contributed by atoms with Gasteiger partial charge in [0.25, 0.3) is 5.69 Å². The Morgan fingerprint density at radius 2 is 1.90 bits per heavy atom. The van der Waals surface area contributed by atoms with Crippen LogP contribution >= 0.6 is 0 Å². The van der Waals surface area contributed by atoms with Crippen molar-refractivity contribution in [3.05, 3.63) is 39.9 Å². The van der Waals surface area contributed by atoms with Gasteiger partial charge < -0.3 is 4.74 Å². The number of benzene rings is 1. The molecule has 0 spiro atoms. The lowest BCUT2D eigenvalue weighted by Crippen LogP contribution is -2.27. The smallest absolute Gasteiger partial charge is 0.269 e. The minimum Gasteiger partial charge on any atom is -0.379 e. The summed E-state index contributed by atoms with van der Waals surface area (Å²) in [5, 5.41) is 10.5. The Labute approximate surface area is 124 Å². The van der Waals surface area contributed by atoms with E-state index in [1.54, 1.807) is 0 Å². The Bertz CT molecular complexity index is 554. The normalized spacial score (nSPS) is 11.8. The van der Waals surface area contributed by atoms with Crippen LogP contribution in [-0.2, 0) is 20.5 Å². The standard InChI is InChI=1S/C13H20N2O5S/c1-11(2)20-9-3-8-14-21(18,19)10-12-4-6-13(7-5-12)15(16)17/h4-7,11,14H,3,8-10H2,1-2H3. The number of hydrogen-bond acceptors (Lipinski definition) is 5. The predicted octanol–water partition coefficient (Wildman–Crippen LogP) is 1.83. The fourth-order valence-electron chi connectivity index (χ4n) is 1.60. The molecule has 0 unspecified atom stereocenters. The van der Waals surface area contributed by atoms with Crippen molar-refractivity contribution >= 4 is 15.7 Å². The lowest BCUT2D eigenvalue weighted by Gasteiger charge is -2.09. The van der Waals surface area contributed by atoms with Crippen molar-refractivity contribution < 1.29 is 18.1 Å². The molecule has 0 bridgehead atoms. The summed E-state index contributed by atoms with van der Waals surface area (Å²) < 4.78 is 31.4. The Balaban J connectivity index is 2.43. The number of rotatable bonds is 9. The average Bonchev–Trinajstić information content (AvgIpc) is 2.38. The zero-order valence-corrected chi connectivity index (χ0v) is 12.9. The van der Waals surface area contributed by atoms with Gasteiger partial charge in [0, 0.05) is 25.3 Å². The summed E-state index contributed by atoms with van der Waals surface area (Å²) in [5.41, 5.74) is 0.446. The second-order valence-electron chi connectivity index (χ2n) is 4.85. The Morgan fingerprint density at radius 3 is 2.43 bits per heavy atom. The molecule has 0 aromatic heterocycles. The molecule has 0 radical (unpaired) electrons. The summed E-state index contributed by atoms with van der Waals surface area (Å²) in [5.74, 6) is -0.198. The summed E-state index contributed by atoms with van der Waals surface area (Å²) >= 11 is 0. The van der Waals surface area contributed by atoms with E-state index in [1.165, 1.54) is 24.3 Å². The van der Waals surface area contributed by atoms with E-state index in [2.05, 4.69) is 4.72 Å². The number of nitro groups is 1. The number of non-ortho nitro benzene ring substituents is 1. The van der Waals surface area contributed by atoms with Crippen molar-refractivity contribution in [3.8, 4) is 0 Å². The van der Waals surface area contributed by atoms with Gasteiger partial charge in [0.2, 0.25) is 10.0 Å². The zero-order chi connectivity index (χ0) is 15.9. The van der Waals surface area contributed by atoms with Crippen molar-refractivity contribution in [2.45, 2.75) is 32.1 Å². The van der Waals surface area contributed by atoms with Crippen LogP contribution in [0.15, 0.2) is 24.3 Å². The first-order valence-corrected chi connectivity index (χ1v) is 8.27. The Kier molecular flexibility index (Phi) is 6.73. The summed E-state index contributed by atoms with van der Waals surface area (Å²) in [6.07, 6.45) is 0.722. The minimum absolute atomic E-state index is 0.0602. The average molecular weight is 316 g/mol. The highest BCUT2D eigenvalue weighted by Crippen LogP contribution is 2.13. The molecule has 7 nitrogen and oxygen atoms in total. The van der Waals surface area contributed by atoms with Gasteiger partial charge in [-0.1, -0.05) is 12.1 Å². The van der Waals surface area contributed by atoms with E-state index < -0.39 is 14.9 Å². The van der Waals surface area contributed by atoms with E-state index >= 15 is 0 Å². The predicted molar refractivity (Wildman–Crippen MR) is 79.4 cm³/mol. The number of nitro benzene ring substituents is 1. The number of hydrogen-bond donors (Lipinski definition) is 1. The van der Waals surface area contributed by atoms with Crippen LogP contribution in [-0.4, -0.2) is 32.6 Å². The molecular formula is C13H20N2O5S. The molecule has 0 amide bonds. The van der Waals surface area contributed by atoms with Crippen molar-refractivity contribution in [2.75, 3.05) is 13.2 Å². The SMILES string of the molecule is CC(C)OCCCNS(=O)(=O)Cc1ccc([N+](=O)[O-])cc1.